The van der Waals surface area contributed by atoms with Gasteiger partial charge in [-0.1, -0.05) is 50.2 Å². The molecule has 2 aromatic rings. The minimum Gasteiger partial charge on any atom is -0.332 e. The number of hydrogen-bond donors (Lipinski definition) is 2. The Bertz CT molecular complexity index is 605. The Morgan fingerprint density at radius 3 is 2.10 bits per heavy atom. The van der Waals surface area contributed by atoms with Crippen molar-refractivity contribution in [2.45, 2.75) is 26.7 Å². The number of rotatable bonds is 3. The fourth-order valence-electron chi connectivity index (χ4n) is 2.10. The molecule has 0 saturated carbocycles. The molecule has 2 aromatic carbocycles. The first-order valence-electron chi connectivity index (χ1n) is 6.80. The zero-order chi connectivity index (χ0) is 14.5. The van der Waals surface area contributed by atoms with Crippen LogP contribution in [0.5, 0.6) is 0 Å². The van der Waals surface area contributed by atoms with Gasteiger partial charge in [-0.25, -0.2) is 0 Å². The normalized spacial score (nSPS) is 10.4. The topological polar surface area (TPSA) is 24.1 Å². The number of aryl methyl sites for hydroxylation is 1. The maximum absolute atomic E-state index is 5.40. The maximum Gasteiger partial charge on any atom is 0.175 e. The second kappa shape index (κ2) is 6.53. The van der Waals surface area contributed by atoms with Gasteiger partial charge >= 0.3 is 0 Å². The predicted molar refractivity (Wildman–Crippen MR) is 91.6 cm³/mol. The molecule has 3 heteroatoms. The van der Waals surface area contributed by atoms with Gasteiger partial charge in [-0.2, -0.15) is 0 Å². The summed E-state index contributed by atoms with van der Waals surface area (Å²) in [6.45, 7) is 6.42. The van der Waals surface area contributed by atoms with Gasteiger partial charge in [-0.05, 0) is 48.3 Å². The minimum absolute atomic E-state index is 0.458. The summed E-state index contributed by atoms with van der Waals surface area (Å²) in [4.78, 5) is 0. The van der Waals surface area contributed by atoms with Crippen molar-refractivity contribution < 1.29 is 0 Å². The van der Waals surface area contributed by atoms with Crippen LogP contribution in [0.3, 0.4) is 0 Å². The molecule has 0 unspecified atom stereocenters. The largest absolute Gasteiger partial charge is 0.332 e. The molecule has 0 aliphatic carbocycles. The van der Waals surface area contributed by atoms with Crippen LogP contribution in [0.2, 0.25) is 0 Å². The molecule has 0 aliphatic rings. The van der Waals surface area contributed by atoms with Gasteiger partial charge in [-0.15, -0.1) is 0 Å². The van der Waals surface area contributed by atoms with Crippen LogP contribution in [-0.2, 0) is 0 Å². The Hall–Kier alpha value is -1.87. The summed E-state index contributed by atoms with van der Waals surface area (Å²) >= 11 is 5.40. The molecule has 0 aliphatic heterocycles. The molecule has 20 heavy (non-hydrogen) atoms. The van der Waals surface area contributed by atoms with E-state index in [-0.39, 0.29) is 0 Å². The highest BCUT2D eigenvalue weighted by Crippen LogP contribution is 2.24. The number of hydrogen-bond acceptors (Lipinski definition) is 1. The van der Waals surface area contributed by atoms with E-state index in [1.165, 1.54) is 11.1 Å². The Morgan fingerprint density at radius 1 is 0.900 bits per heavy atom. The maximum atomic E-state index is 5.40. The number of thiocarbonyl (C=S) groups is 1. The molecular formula is C17H20N2S. The van der Waals surface area contributed by atoms with Crippen LogP contribution in [0.15, 0.2) is 48.5 Å². The quantitative estimate of drug-likeness (QED) is 0.782. The summed E-state index contributed by atoms with van der Waals surface area (Å²) in [6, 6.07) is 16.4. The monoisotopic (exact) mass is 284 g/mol. The zero-order valence-corrected chi connectivity index (χ0v) is 12.9. The van der Waals surface area contributed by atoms with E-state index in [1.54, 1.807) is 0 Å². The van der Waals surface area contributed by atoms with Crippen LogP contribution in [0.4, 0.5) is 11.4 Å². The van der Waals surface area contributed by atoms with Gasteiger partial charge in [-0.3, -0.25) is 0 Å². The SMILES string of the molecule is Cc1ccccc1NC(=S)Nc1ccccc1C(C)C. The van der Waals surface area contributed by atoms with E-state index in [9.17, 15) is 0 Å². The average molecular weight is 284 g/mol. The third-order valence-electron chi connectivity index (χ3n) is 3.22. The molecule has 2 nitrogen and oxygen atoms in total. The number of nitrogens with one attached hydrogen (secondary N) is 2. The first-order chi connectivity index (χ1) is 9.58. The van der Waals surface area contributed by atoms with Crippen molar-refractivity contribution in [3.05, 3.63) is 59.7 Å². The van der Waals surface area contributed by atoms with Crippen molar-refractivity contribution in [1.82, 2.24) is 0 Å². The molecule has 0 aromatic heterocycles. The molecule has 0 atom stereocenters. The van der Waals surface area contributed by atoms with Crippen LogP contribution in [0.1, 0.15) is 30.9 Å². The molecule has 0 radical (unpaired) electrons. The van der Waals surface area contributed by atoms with E-state index in [2.05, 4.69) is 55.7 Å². The summed E-state index contributed by atoms with van der Waals surface area (Å²) in [6.07, 6.45) is 0. The smallest absolute Gasteiger partial charge is 0.175 e. The second-order valence-corrected chi connectivity index (χ2v) is 5.54. The number of benzene rings is 2. The third-order valence-corrected chi connectivity index (χ3v) is 3.43. The van der Waals surface area contributed by atoms with Crippen LogP contribution in [0, 0.1) is 6.92 Å². The average Bonchev–Trinajstić information content (AvgIpc) is 2.41. The van der Waals surface area contributed by atoms with Gasteiger partial charge in [0.2, 0.25) is 0 Å². The fourth-order valence-corrected chi connectivity index (χ4v) is 2.32. The van der Waals surface area contributed by atoms with Crippen molar-refractivity contribution in [2.24, 2.45) is 0 Å². The van der Waals surface area contributed by atoms with Gasteiger partial charge in [0.25, 0.3) is 0 Å². The highest BCUT2D eigenvalue weighted by Gasteiger charge is 2.07. The first kappa shape index (κ1) is 14.5. The Labute approximate surface area is 126 Å². The number of para-hydroxylation sites is 2. The van der Waals surface area contributed by atoms with E-state index >= 15 is 0 Å². The highest BCUT2D eigenvalue weighted by molar-refractivity contribution is 7.80. The zero-order valence-electron chi connectivity index (χ0n) is 12.1. The number of anilines is 2. The summed E-state index contributed by atoms with van der Waals surface area (Å²) in [5.74, 6) is 0.458. The van der Waals surface area contributed by atoms with E-state index in [1.807, 2.05) is 24.3 Å². The Kier molecular flexibility index (Phi) is 4.74. The standard InChI is InChI=1S/C17H20N2S/c1-12(2)14-9-5-7-11-16(14)19-17(20)18-15-10-6-4-8-13(15)3/h4-12H,1-3H3,(H2,18,19,20). The lowest BCUT2D eigenvalue weighted by atomic mass is 10.0. The molecule has 2 rings (SSSR count). The third kappa shape index (κ3) is 3.58. The van der Waals surface area contributed by atoms with E-state index < -0.39 is 0 Å². The van der Waals surface area contributed by atoms with Gasteiger partial charge in [0.15, 0.2) is 5.11 Å². The van der Waals surface area contributed by atoms with Crippen molar-refractivity contribution in [3.63, 3.8) is 0 Å². The molecule has 0 fully saturated rings. The van der Waals surface area contributed by atoms with Crippen molar-refractivity contribution in [1.29, 1.82) is 0 Å². The molecule has 0 amide bonds. The van der Waals surface area contributed by atoms with Gasteiger partial charge < -0.3 is 10.6 Å². The van der Waals surface area contributed by atoms with E-state index in [0.717, 1.165) is 11.4 Å². The molecule has 0 bridgehead atoms. The molecule has 0 spiro atoms. The lowest BCUT2D eigenvalue weighted by Crippen LogP contribution is -2.20. The lowest BCUT2D eigenvalue weighted by Gasteiger charge is -2.16. The van der Waals surface area contributed by atoms with Crippen molar-refractivity contribution in [3.8, 4) is 0 Å². The first-order valence-corrected chi connectivity index (χ1v) is 7.21. The fraction of sp³-hybridized carbons (Fsp3) is 0.235. The van der Waals surface area contributed by atoms with Crippen LogP contribution >= 0.6 is 12.2 Å². The Morgan fingerprint density at radius 2 is 1.45 bits per heavy atom. The van der Waals surface area contributed by atoms with Gasteiger partial charge in [0.05, 0.1) is 0 Å². The molecule has 0 heterocycles. The summed E-state index contributed by atoms with van der Waals surface area (Å²) in [5.41, 5.74) is 4.54. The molecule has 0 saturated heterocycles. The van der Waals surface area contributed by atoms with Gasteiger partial charge in [0, 0.05) is 11.4 Å². The molecule has 2 N–H and O–H groups in total. The summed E-state index contributed by atoms with van der Waals surface area (Å²) in [5, 5.41) is 7.15. The van der Waals surface area contributed by atoms with Crippen LogP contribution < -0.4 is 10.6 Å². The van der Waals surface area contributed by atoms with Gasteiger partial charge in [0.1, 0.15) is 0 Å². The van der Waals surface area contributed by atoms with Crippen molar-refractivity contribution in [2.75, 3.05) is 10.6 Å². The summed E-state index contributed by atoms with van der Waals surface area (Å²) < 4.78 is 0. The summed E-state index contributed by atoms with van der Waals surface area (Å²) in [7, 11) is 0. The predicted octanol–water partition coefficient (Wildman–Crippen LogP) is 4.93. The Balaban J connectivity index is 2.11. The molecule has 104 valence electrons. The highest BCUT2D eigenvalue weighted by atomic mass is 32.1. The van der Waals surface area contributed by atoms with Crippen molar-refractivity contribution >= 4 is 28.7 Å². The van der Waals surface area contributed by atoms with Crippen LogP contribution in [-0.4, -0.2) is 5.11 Å². The van der Waals surface area contributed by atoms with E-state index in [4.69, 9.17) is 12.2 Å². The minimum atomic E-state index is 0.458. The van der Waals surface area contributed by atoms with Crippen LogP contribution in [0.25, 0.3) is 0 Å². The lowest BCUT2D eigenvalue weighted by molar-refractivity contribution is 0.869. The van der Waals surface area contributed by atoms with E-state index in [0.29, 0.717) is 11.0 Å². The molecular weight excluding hydrogens is 264 g/mol. The second-order valence-electron chi connectivity index (χ2n) is 5.14.